The van der Waals surface area contributed by atoms with Crippen LogP contribution in [-0.4, -0.2) is 58.6 Å². The highest BCUT2D eigenvalue weighted by Gasteiger charge is 2.21. The van der Waals surface area contributed by atoms with Crippen LogP contribution in [0.3, 0.4) is 0 Å². The Labute approximate surface area is 176 Å². The number of carbonyl (C=O) groups is 1. The molecular formula is C23H28N4O3. The summed E-state index contributed by atoms with van der Waals surface area (Å²) in [5.74, 6) is 2.40. The van der Waals surface area contributed by atoms with Gasteiger partial charge >= 0.3 is 0 Å². The highest BCUT2D eigenvalue weighted by molar-refractivity contribution is 5.76. The van der Waals surface area contributed by atoms with Crippen molar-refractivity contribution in [2.24, 2.45) is 0 Å². The largest absolute Gasteiger partial charge is 0.469 e. The number of carbonyl (C=O) groups excluding carboxylic acids is 1. The van der Waals surface area contributed by atoms with Crippen molar-refractivity contribution >= 4 is 5.91 Å². The lowest BCUT2D eigenvalue weighted by molar-refractivity contribution is -0.133. The van der Waals surface area contributed by atoms with E-state index >= 15 is 0 Å². The first-order valence-corrected chi connectivity index (χ1v) is 10.6. The number of amides is 1. The van der Waals surface area contributed by atoms with Gasteiger partial charge in [-0.25, -0.2) is 0 Å². The summed E-state index contributed by atoms with van der Waals surface area (Å²) in [6.45, 7) is 6.42. The normalized spacial score (nSPS) is 14.9. The van der Waals surface area contributed by atoms with Gasteiger partial charge in [-0.15, -0.1) is 0 Å². The van der Waals surface area contributed by atoms with Crippen LogP contribution in [0.25, 0.3) is 11.4 Å². The molecule has 30 heavy (non-hydrogen) atoms. The van der Waals surface area contributed by atoms with Crippen LogP contribution in [0.1, 0.15) is 30.1 Å². The van der Waals surface area contributed by atoms with Crippen molar-refractivity contribution in [2.45, 2.75) is 32.6 Å². The molecule has 0 bridgehead atoms. The van der Waals surface area contributed by atoms with Gasteiger partial charge < -0.3 is 13.8 Å². The third kappa shape index (κ3) is 5.36. The number of hydrogen-bond acceptors (Lipinski definition) is 6. The summed E-state index contributed by atoms with van der Waals surface area (Å²) < 4.78 is 10.7. The molecular weight excluding hydrogens is 380 g/mol. The van der Waals surface area contributed by atoms with Gasteiger partial charge in [0.2, 0.25) is 17.6 Å². The van der Waals surface area contributed by atoms with Gasteiger partial charge in [-0.05, 0) is 32.0 Å². The van der Waals surface area contributed by atoms with E-state index in [4.69, 9.17) is 8.94 Å². The molecule has 4 rings (SSSR count). The van der Waals surface area contributed by atoms with E-state index in [1.165, 1.54) is 5.56 Å². The Morgan fingerprint density at radius 3 is 2.60 bits per heavy atom. The Balaban J connectivity index is 1.16. The number of nitrogens with zero attached hydrogens (tertiary/aromatic N) is 4. The van der Waals surface area contributed by atoms with Gasteiger partial charge in [0, 0.05) is 51.0 Å². The van der Waals surface area contributed by atoms with Crippen molar-refractivity contribution < 1.29 is 13.7 Å². The molecule has 0 aliphatic carbocycles. The molecule has 0 N–H and O–H groups in total. The van der Waals surface area contributed by atoms with Gasteiger partial charge in [0.1, 0.15) is 5.76 Å². The molecule has 0 spiro atoms. The number of aromatic nitrogens is 2. The summed E-state index contributed by atoms with van der Waals surface area (Å²) in [7, 11) is 0. The zero-order valence-electron chi connectivity index (χ0n) is 17.4. The van der Waals surface area contributed by atoms with Crippen LogP contribution in [0.4, 0.5) is 0 Å². The molecule has 0 radical (unpaired) electrons. The minimum absolute atomic E-state index is 0.209. The van der Waals surface area contributed by atoms with E-state index in [1.807, 2.05) is 41.3 Å². The molecule has 7 heteroatoms. The van der Waals surface area contributed by atoms with Gasteiger partial charge in [-0.1, -0.05) is 35.0 Å². The Morgan fingerprint density at radius 2 is 1.87 bits per heavy atom. The molecule has 0 atom stereocenters. The van der Waals surface area contributed by atoms with Crippen molar-refractivity contribution in [3.63, 3.8) is 0 Å². The van der Waals surface area contributed by atoms with Crippen LogP contribution < -0.4 is 0 Å². The maximum absolute atomic E-state index is 12.4. The van der Waals surface area contributed by atoms with Crippen LogP contribution in [0, 0.1) is 6.92 Å². The summed E-state index contributed by atoms with van der Waals surface area (Å²) >= 11 is 0. The zero-order chi connectivity index (χ0) is 20.8. The third-order valence-corrected chi connectivity index (χ3v) is 5.53. The Bertz CT molecular complexity index is 926. The Morgan fingerprint density at radius 1 is 1.07 bits per heavy atom. The van der Waals surface area contributed by atoms with Gasteiger partial charge in [-0.3, -0.25) is 9.69 Å². The molecule has 3 aromatic rings. The Kier molecular flexibility index (Phi) is 6.59. The Hall–Kier alpha value is -2.93. The standard InChI is InChI=1S/C23H28N4O3/c1-18-6-8-19(9-7-18)23-24-21(30-25-23)5-2-12-26-13-15-27(16-14-26)22(28)11-10-20-4-3-17-29-20/h3-4,6-9,17H,2,5,10-16H2,1H3. The molecule has 2 aromatic heterocycles. The highest BCUT2D eigenvalue weighted by Crippen LogP contribution is 2.17. The molecule has 7 nitrogen and oxygen atoms in total. The SMILES string of the molecule is Cc1ccc(-c2noc(CCCN3CCN(C(=O)CCc4ccco4)CC3)n2)cc1. The predicted molar refractivity (Wildman–Crippen MR) is 113 cm³/mol. The summed E-state index contributed by atoms with van der Waals surface area (Å²) in [4.78, 5) is 21.2. The molecule has 1 saturated heterocycles. The number of aryl methyl sites for hydroxylation is 3. The molecule has 1 amide bonds. The smallest absolute Gasteiger partial charge is 0.227 e. The molecule has 0 unspecified atom stereocenters. The fourth-order valence-corrected chi connectivity index (χ4v) is 3.69. The number of rotatable bonds is 8. The van der Waals surface area contributed by atoms with Gasteiger partial charge in [0.25, 0.3) is 0 Å². The number of furan rings is 1. The molecule has 0 saturated carbocycles. The predicted octanol–water partition coefficient (Wildman–Crippen LogP) is 3.35. The van der Waals surface area contributed by atoms with Crippen LogP contribution in [0.5, 0.6) is 0 Å². The van der Waals surface area contributed by atoms with Crippen molar-refractivity contribution in [3.05, 3.63) is 59.9 Å². The highest BCUT2D eigenvalue weighted by atomic mass is 16.5. The maximum atomic E-state index is 12.4. The van der Waals surface area contributed by atoms with E-state index in [2.05, 4.69) is 22.0 Å². The van der Waals surface area contributed by atoms with Crippen molar-refractivity contribution in [1.82, 2.24) is 19.9 Å². The first-order chi connectivity index (χ1) is 14.7. The molecule has 1 fully saturated rings. The minimum Gasteiger partial charge on any atom is -0.469 e. The monoisotopic (exact) mass is 408 g/mol. The van der Waals surface area contributed by atoms with Gasteiger partial charge in [0.05, 0.1) is 6.26 Å². The quantitative estimate of drug-likeness (QED) is 0.569. The van der Waals surface area contributed by atoms with E-state index in [9.17, 15) is 4.79 Å². The van der Waals surface area contributed by atoms with E-state index in [-0.39, 0.29) is 5.91 Å². The van der Waals surface area contributed by atoms with E-state index in [1.54, 1.807) is 6.26 Å². The van der Waals surface area contributed by atoms with E-state index in [0.29, 0.717) is 24.6 Å². The lowest BCUT2D eigenvalue weighted by Gasteiger charge is -2.34. The lowest BCUT2D eigenvalue weighted by atomic mass is 10.1. The second-order valence-corrected chi connectivity index (χ2v) is 7.78. The number of hydrogen-bond donors (Lipinski definition) is 0. The average Bonchev–Trinajstić information content (AvgIpc) is 3.45. The summed E-state index contributed by atoms with van der Waals surface area (Å²) in [5, 5.41) is 4.10. The number of benzene rings is 1. The van der Waals surface area contributed by atoms with Crippen molar-refractivity contribution in [1.29, 1.82) is 0 Å². The van der Waals surface area contributed by atoms with E-state index < -0.39 is 0 Å². The topological polar surface area (TPSA) is 75.6 Å². The molecule has 158 valence electrons. The first-order valence-electron chi connectivity index (χ1n) is 10.6. The molecule has 3 heterocycles. The van der Waals surface area contributed by atoms with Crippen molar-refractivity contribution in [3.8, 4) is 11.4 Å². The maximum Gasteiger partial charge on any atom is 0.227 e. The van der Waals surface area contributed by atoms with Crippen LogP contribution >= 0.6 is 0 Å². The van der Waals surface area contributed by atoms with Gasteiger partial charge in [-0.2, -0.15) is 4.98 Å². The van der Waals surface area contributed by atoms with Crippen molar-refractivity contribution in [2.75, 3.05) is 32.7 Å². The summed E-state index contributed by atoms with van der Waals surface area (Å²) in [5.41, 5.74) is 2.19. The van der Waals surface area contributed by atoms with Gasteiger partial charge in [0.15, 0.2) is 0 Å². The fraction of sp³-hybridized carbons (Fsp3) is 0.435. The van der Waals surface area contributed by atoms with Crippen LogP contribution in [-0.2, 0) is 17.6 Å². The third-order valence-electron chi connectivity index (χ3n) is 5.53. The summed E-state index contributed by atoms with van der Waals surface area (Å²) in [6, 6.07) is 11.9. The molecule has 1 aromatic carbocycles. The zero-order valence-corrected chi connectivity index (χ0v) is 17.4. The second-order valence-electron chi connectivity index (χ2n) is 7.78. The van der Waals surface area contributed by atoms with E-state index in [0.717, 1.165) is 56.9 Å². The summed E-state index contributed by atoms with van der Waals surface area (Å²) in [6.07, 6.45) is 4.55. The van der Waals surface area contributed by atoms with Crippen LogP contribution in [0.2, 0.25) is 0 Å². The number of piperazine rings is 1. The molecule has 1 aliphatic rings. The lowest BCUT2D eigenvalue weighted by Crippen LogP contribution is -2.48. The fourth-order valence-electron chi connectivity index (χ4n) is 3.69. The first kappa shape index (κ1) is 20.3. The molecule has 1 aliphatic heterocycles. The van der Waals surface area contributed by atoms with Crippen LogP contribution in [0.15, 0.2) is 51.6 Å². The minimum atomic E-state index is 0.209. The second kappa shape index (κ2) is 9.71. The average molecular weight is 409 g/mol.